The Bertz CT molecular complexity index is 7640. The Labute approximate surface area is 622 Å². The van der Waals surface area contributed by atoms with Crippen molar-refractivity contribution in [1.82, 2.24) is 13.5 Å². The molecule has 15 aromatic carbocycles. The van der Waals surface area contributed by atoms with E-state index in [-0.39, 0.29) is 45.3 Å². The molecule has 6 heterocycles. The Morgan fingerprint density at radius 3 is 1.63 bits per heavy atom. The number of anilines is 5. The summed E-state index contributed by atoms with van der Waals surface area (Å²) >= 11 is 0. The molecule has 0 saturated heterocycles. The summed E-state index contributed by atoms with van der Waals surface area (Å²) in [6.07, 6.45) is 0. The van der Waals surface area contributed by atoms with E-state index in [9.17, 15) is 8.22 Å². The van der Waals surface area contributed by atoms with E-state index in [1.165, 1.54) is 17.2 Å². The molecule has 5 nitrogen and oxygen atoms in total. The summed E-state index contributed by atoms with van der Waals surface area (Å²) in [5.74, 6) is 0. The van der Waals surface area contributed by atoms with E-state index in [1.54, 1.807) is 0 Å². The van der Waals surface area contributed by atoms with Gasteiger partial charge in [0.15, 0.2) is 0 Å². The van der Waals surface area contributed by atoms with Gasteiger partial charge in [0.1, 0.15) is 0 Å². The highest BCUT2D eigenvalue weighted by Crippen LogP contribution is 2.51. The minimum absolute atomic E-state index is 0.00724. The molecule has 0 aliphatic carbocycles. The van der Waals surface area contributed by atoms with Gasteiger partial charge in [0.05, 0.1) is 56.6 Å². The van der Waals surface area contributed by atoms with Crippen LogP contribution in [0.5, 0.6) is 0 Å². The van der Waals surface area contributed by atoms with Gasteiger partial charge >= 0.3 is 0 Å². The molecule has 104 heavy (non-hydrogen) atoms. The number of nitrogens with zero attached hydrogens (tertiary/aromatic N) is 4. The Hall–Kier alpha value is -12.6. The minimum Gasteiger partial charge on any atom is -0.355 e. The van der Waals surface area contributed by atoms with Crippen molar-refractivity contribution < 1.29 is 17.8 Å². The first-order chi connectivity index (χ1) is 56.2. The number of fused-ring (bicyclic) bond motifs is 21. The van der Waals surface area contributed by atoms with Gasteiger partial charge in [-0.15, -0.1) is 0 Å². The minimum atomic E-state index is -0.659. The SMILES string of the molecule is [2H]c1cc(-c2c([2H])c([2H])c([2H])c([2H])c2Nc2ccc3c(c2)c2cc(-c4c([2H])c([2H])c([2H])c([2H])c4[2H])cc4c2n3-c2cc3c(c5c2B4c2ccc(-n4c6ccc(C(C)(C)C)cc6c6cc(C(C)(C)C)ccc64)cc2N5c2ccc(-c4ccccc4)cc2)c2cccc4c5ccccc5c5ccccc5c5ccccc5n3c42)c([2H])c([2H])c1[2H]. The van der Waals surface area contributed by atoms with Crippen LogP contribution < -0.4 is 26.6 Å². The number of para-hydroxylation sites is 3. The molecule has 1 N–H and O–H groups in total. The second kappa shape index (κ2) is 22.4. The van der Waals surface area contributed by atoms with E-state index in [1.807, 2.05) is 36.4 Å². The van der Waals surface area contributed by atoms with Gasteiger partial charge in [0.25, 0.3) is 6.71 Å². The average molecular weight is 1340 g/mol. The molecule has 4 aromatic heterocycles. The standard InChI is InChI=1S/C98H72BN5/c1-97(2,3)65-43-50-86-78(55-65)79-56-66(98(4,5)6)44-51-87(79)101(86)69-48-49-82-89(58-69)102(68-46-41-62(42-47-68)60-25-10-7-11-26-60)96-92-77-38-24-37-76-74-35-19-17-33-72(74)71-32-16-18-34-73(71)75-36-21-23-40-85(75)103(94(76)77)90(92)59-91-93(96)99(82)83-54-64(61-27-12-8-13-28-61)53-81-80-57-67(45-52-88(80)104(91)95(81)83)100-84-39-22-20-31-70(84)63-29-14-9-15-30-63/h7-59,100H,1-6H3/i8D,9D,12D,13D,14D,15D,20D,22D,27D,28D,29D,31D,39D. The molecule has 0 atom stereocenters. The number of nitrogens with one attached hydrogen (secondary N) is 1. The number of hydrogen-bond acceptors (Lipinski definition) is 2. The van der Waals surface area contributed by atoms with Crippen molar-refractivity contribution in [3.8, 4) is 44.8 Å². The molecule has 21 rings (SSSR count). The molecule has 0 radical (unpaired) electrons. The van der Waals surface area contributed by atoms with Crippen LogP contribution in [0.25, 0.3) is 148 Å². The van der Waals surface area contributed by atoms with E-state index in [0.717, 1.165) is 143 Å². The molecule has 492 valence electrons. The van der Waals surface area contributed by atoms with Gasteiger partial charge in [0, 0.05) is 88.3 Å². The van der Waals surface area contributed by atoms with Crippen molar-refractivity contribution in [2.75, 3.05) is 10.2 Å². The van der Waals surface area contributed by atoms with Gasteiger partial charge < -0.3 is 23.8 Å². The maximum Gasteiger partial charge on any atom is 0.252 e. The summed E-state index contributed by atoms with van der Waals surface area (Å²) in [5, 5.41) is 15.3. The lowest BCUT2D eigenvalue weighted by Gasteiger charge is -2.41. The zero-order chi connectivity index (χ0) is 80.7. The number of aromatic nitrogens is 3. The lowest BCUT2D eigenvalue weighted by molar-refractivity contribution is 0.590. The lowest BCUT2D eigenvalue weighted by atomic mass is 9.33. The number of benzene rings is 15. The third-order valence-electron chi connectivity index (χ3n) is 22.0. The molecule has 2 aliphatic rings. The van der Waals surface area contributed by atoms with Crippen molar-refractivity contribution in [2.24, 2.45) is 0 Å². The van der Waals surface area contributed by atoms with Crippen LogP contribution >= 0.6 is 0 Å². The molecule has 0 saturated carbocycles. The summed E-state index contributed by atoms with van der Waals surface area (Å²) in [6, 6.07) is 79.6. The first-order valence-corrected chi connectivity index (χ1v) is 35.5. The molecule has 0 unspecified atom stereocenters. The highest BCUT2D eigenvalue weighted by atomic mass is 15.2. The molecule has 6 heteroatoms. The largest absolute Gasteiger partial charge is 0.355 e. The molecule has 19 aromatic rings. The summed E-state index contributed by atoms with van der Waals surface area (Å²) in [4.78, 5) is 2.48. The number of hydrogen-bond donors (Lipinski definition) is 1. The summed E-state index contributed by atoms with van der Waals surface area (Å²) in [6.45, 7) is 12.9. The molecule has 0 bridgehead atoms. The summed E-state index contributed by atoms with van der Waals surface area (Å²) < 4.78 is 126. The van der Waals surface area contributed by atoms with Crippen LogP contribution in [0.2, 0.25) is 0 Å². The first-order valence-electron chi connectivity index (χ1n) is 42.0. The van der Waals surface area contributed by atoms with E-state index >= 15 is 0 Å². The molecular weight excluding hydrogens is 1260 g/mol. The topological polar surface area (TPSA) is 29.5 Å². The van der Waals surface area contributed by atoms with Gasteiger partial charge in [-0.3, -0.25) is 0 Å². The Morgan fingerprint density at radius 1 is 0.337 bits per heavy atom. The Balaban J connectivity index is 0.956. The second-order valence-electron chi connectivity index (χ2n) is 29.9. The van der Waals surface area contributed by atoms with Crippen molar-refractivity contribution >= 4 is 155 Å². The number of rotatable bonds is 7. The van der Waals surface area contributed by atoms with Gasteiger partial charge in [-0.05, 0) is 179 Å². The van der Waals surface area contributed by atoms with Crippen molar-refractivity contribution in [1.29, 1.82) is 0 Å². The van der Waals surface area contributed by atoms with Crippen LogP contribution in [0.4, 0.5) is 28.4 Å². The highest BCUT2D eigenvalue weighted by molar-refractivity contribution is 7.00. The molecule has 0 spiro atoms. The molecular formula is C98H72BN5. The van der Waals surface area contributed by atoms with Gasteiger partial charge in [-0.1, -0.05) is 272 Å². The molecule has 0 amide bonds. The maximum atomic E-state index is 9.81. The predicted molar refractivity (Wildman–Crippen MR) is 445 cm³/mol. The monoisotopic (exact) mass is 1340 g/mol. The van der Waals surface area contributed by atoms with E-state index in [0.29, 0.717) is 27.5 Å². The third-order valence-corrected chi connectivity index (χ3v) is 22.0. The Morgan fingerprint density at radius 2 is 0.913 bits per heavy atom. The third kappa shape index (κ3) is 8.94. The quantitative estimate of drug-likeness (QED) is 0.161. The smallest absolute Gasteiger partial charge is 0.252 e. The van der Waals surface area contributed by atoms with E-state index < -0.39 is 73.2 Å². The van der Waals surface area contributed by atoms with Crippen LogP contribution in [-0.2, 0) is 10.8 Å². The fourth-order valence-electron chi connectivity index (χ4n) is 17.3. The van der Waals surface area contributed by atoms with E-state index in [2.05, 4.69) is 265 Å². The fourth-order valence-corrected chi connectivity index (χ4v) is 17.3. The van der Waals surface area contributed by atoms with Crippen molar-refractivity contribution in [3.05, 3.63) is 332 Å². The van der Waals surface area contributed by atoms with Gasteiger partial charge in [-0.2, -0.15) is 0 Å². The maximum absolute atomic E-state index is 9.81. The first kappa shape index (κ1) is 48.2. The second-order valence-corrected chi connectivity index (χ2v) is 29.9. The van der Waals surface area contributed by atoms with Gasteiger partial charge in [0.2, 0.25) is 0 Å². The van der Waals surface area contributed by atoms with Crippen LogP contribution in [0.3, 0.4) is 0 Å². The molecule has 2 aliphatic heterocycles. The summed E-state index contributed by atoms with van der Waals surface area (Å²) in [7, 11) is 0. The van der Waals surface area contributed by atoms with Crippen molar-refractivity contribution in [2.45, 2.75) is 52.4 Å². The molecule has 0 fully saturated rings. The van der Waals surface area contributed by atoms with E-state index in [4.69, 9.17) is 9.60 Å². The van der Waals surface area contributed by atoms with Crippen LogP contribution in [0.15, 0.2) is 321 Å². The highest BCUT2D eigenvalue weighted by Gasteiger charge is 2.45. The van der Waals surface area contributed by atoms with Crippen LogP contribution in [-0.4, -0.2) is 20.2 Å². The Kier molecular flexibility index (Phi) is 10.4. The van der Waals surface area contributed by atoms with Gasteiger partial charge in [-0.25, -0.2) is 0 Å². The normalized spacial score (nSPS) is 14.6. The summed E-state index contributed by atoms with van der Waals surface area (Å²) in [5.41, 5.74) is 18.1. The predicted octanol–water partition coefficient (Wildman–Crippen LogP) is 24.4. The van der Waals surface area contributed by atoms with Crippen molar-refractivity contribution in [3.63, 3.8) is 0 Å². The lowest BCUT2D eigenvalue weighted by Crippen LogP contribution is -2.60. The average Bonchev–Trinajstić information content (AvgIpc) is 1.57. The van der Waals surface area contributed by atoms with Crippen LogP contribution in [0.1, 0.15) is 70.5 Å². The zero-order valence-electron chi connectivity index (χ0n) is 71.0. The van der Waals surface area contributed by atoms with Crippen LogP contribution in [0, 0.1) is 0 Å². The fraction of sp³-hybridized carbons (Fsp3) is 0.0816. The zero-order valence-corrected chi connectivity index (χ0v) is 58.0.